The van der Waals surface area contributed by atoms with E-state index in [-0.39, 0.29) is 0 Å². The van der Waals surface area contributed by atoms with Crippen LogP contribution in [0, 0.1) is 0 Å². The molecule has 0 unspecified atom stereocenters. The number of rotatable bonds is 3. The summed E-state index contributed by atoms with van der Waals surface area (Å²) in [6.45, 7) is 0. The number of fused-ring (bicyclic) bond motifs is 3. The summed E-state index contributed by atoms with van der Waals surface area (Å²) in [4.78, 5) is 0. The Labute approximate surface area is 181 Å². The summed E-state index contributed by atoms with van der Waals surface area (Å²) in [6, 6.07) is 45.4. The van der Waals surface area contributed by atoms with Gasteiger partial charge in [0.1, 0.15) is 0 Å². The summed E-state index contributed by atoms with van der Waals surface area (Å²) in [5, 5.41) is 2.58. The van der Waals surface area contributed by atoms with E-state index in [4.69, 9.17) is 0 Å². The molecule has 31 heavy (non-hydrogen) atoms. The summed E-state index contributed by atoms with van der Waals surface area (Å²) in [5.74, 6) is 0. The van der Waals surface area contributed by atoms with Gasteiger partial charge in [0.15, 0.2) is 0 Å². The van der Waals surface area contributed by atoms with E-state index in [2.05, 4.69) is 132 Å². The van der Waals surface area contributed by atoms with Crippen LogP contribution in [0.1, 0.15) is 0 Å². The van der Waals surface area contributed by atoms with Gasteiger partial charge in [-0.25, -0.2) is 0 Å². The molecule has 1 heteroatoms. The largest absolute Gasteiger partial charge is 0.309 e. The maximum Gasteiger partial charge on any atom is 0.0541 e. The summed E-state index contributed by atoms with van der Waals surface area (Å²) in [6.07, 6.45) is 0. The van der Waals surface area contributed by atoms with Crippen LogP contribution in [0.4, 0.5) is 0 Å². The van der Waals surface area contributed by atoms with E-state index >= 15 is 0 Å². The first kappa shape index (κ1) is 17.7. The minimum Gasteiger partial charge on any atom is -0.309 e. The number of aromatic nitrogens is 1. The first-order chi connectivity index (χ1) is 15.4. The maximum absolute atomic E-state index is 2.36. The molecule has 0 aliphatic heterocycles. The highest BCUT2D eigenvalue weighted by molar-refractivity contribution is 6.09. The van der Waals surface area contributed by atoms with Gasteiger partial charge in [-0.15, -0.1) is 0 Å². The van der Waals surface area contributed by atoms with Crippen molar-refractivity contribution in [1.82, 2.24) is 4.57 Å². The van der Waals surface area contributed by atoms with Gasteiger partial charge in [-0.3, -0.25) is 0 Å². The van der Waals surface area contributed by atoms with Crippen LogP contribution in [-0.2, 0) is 0 Å². The van der Waals surface area contributed by atoms with Gasteiger partial charge >= 0.3 is 0 Å². The van der Waals surface area contributed by atoms with Crippen molar-refractivity contribution in [3.63, 3.8) is 0 Å². The molecule has 6 aromatic rings. The molecule has 0 saturated heterocycles. The number of hydrogen-bond acceptors (Lipinski definition) is 0. The third kappa shape index (κ3) is 2.94. The lowest BCUT2D eigenvalue weighted by atomic mass is 9.94. The van der Waals surface area contributed by atoms with Crippen LogP contribution in [0.5, 0.6) is 0 Å². The van der Waals surface area contributed by atoms with E-state index in [0.717, 1.165) is 0 Å². The average molecular weight is 396 g/mol. The molecule has 0 N–H and O–H groups in total. The Morgan fingerprint density at radius 3 is 1.39 bits per heavy atom. The molecule has 0 aliphatic rings. The van der Waals surface area contributed by atoms with Crippen LogP contribution in [0.15, 0.2) is 127 Å². The monoisotopic (exact) mass is 395 g/mol. The molecular formula is C30H21N. The quantitative estimate of drug-likeness (QED) is 0.285. The summed E-state index contributed by atoms with van der Waals surface area (Å²) in [5.41, 5.74) is 8.63. The Kier molecular flexibility index (Phi) is 4.18. The first-order valence-corrected chi connectivity index (χ1v) is 10.6. The highest BCUT2D eigenvalue weighted by atomic mass is 15.0. The van der Waals surface area contributed by atoms with E-state index in [1.807, 2.05) is 0 Å². The zero-order valence-corrected chi connectivity index (χ0v) is 17.1. The first-order valence-electron chi connectivity index (χ1n) is 10.6. The van der Waals surface area contributed by atoms with Crippen LogP contribution in [0.2, 0.25) is 0 Å². The Morgan fingerprint density at radius 2 is 0.806 bits per heavy atom. The minimum absolute atomic E-state index is 1.18. The SMILES string of the molecule is c1ccc(-c2ccccc2-c2ccc(-n3c4ccccc4c4ccccc43)cc2)cc1. The summed E-state index contributed by atoms with van der Waals surface area (Å²) < 4.78 is 2.36. The van der Waals surface area contributed by atoms with Gasteiger partial charge in [0.05, 0.1) is 11.0 Å². The smallest absolute Gasteiger partial charge is 0.0541 e. The Bertz CT molecular complexity index is 1450. The second-order valence-electron chi connectivity index (χ2n) is 7.83. The predicted octanol–water partition coefficient (Wildman–Crippen LogP) is 8.12. The molecule has 6 rings (SSSR count). The highest BCUT2D eigenvalue weighted by Gasteiger charge is 2.12. The second-order valence-corrected chi connectivity index (χ2v) is 7.83. The molecule has 0 atom stereocenters. The lowest BCUT2D eigenvalue weighted by Crippen LogP contribution is -1.93. The van der Waals surface area contributed by atoms with Crippen molar-refractivity contribution in [3.05, 3.63) is 127 Å². The van der Waals surface area contributed by atoms with E-state index in [1.54, 1.807) is 0 Å². The summed E-state index contributed by atoms with van der Waals surface area (Å²) >= 11 is 0. The van der Waals surface area contributed by atoms with Gasteiger partial charge < -0.3 is 4.57 Å². The maximum atomic E-state index is 2.36. The Balaban J connectivity index is 1.50. The third-order valence-corrected chi connectivity index (χ3v) is 6.03. The van der Waals surface area contributed by atoms with Crippen LogP contribution in [0.3, 0.4) is 0 Å². The van der Waals surface area contributed by atoms with Crippen molar-refractivity contribution in [3.8, 4) is 27.9 Å². The zero-order chi connectivity index (χ0) is 20.6. The van der Waals surface area contributed by atoms with Crippen LogP contribution < -0.4 is 0 Å². The van der Waals surface area contributed by atoms with E-state index < -0.39 is 0 Å². The molecule has 1 heterocycles. The van der Waals surface area contributed by atoms with E-state index in [9.17, 15) is 0 Å². The molecule has 0 radical (unpaired) electrons. The minimum atomic E-state index is 1.18. The fourth-order valence-electron chi connectivity index (χ4n) is 4.60. The highest BCUT2D eigenvalue weighted by Crippen LogP contribution is 2.35. The molecule has 1 nitrogen and oxygen atoms in total. The summed E-state index contributed by atoms with van der Waals surface area (Å²) in [7, 11) is 0. The second kappa shape index (κ2) is 7.30. The van der Waals surface area contributed by atoms with E-state index in [0.29, 0.717) is 0 Å². The predicted molar refractivity (Wildman–Crippen MR) is 132 cm³/mol. The third-order valence-electron chi connectivity index (χ3n) is 6.03. The van der Waals surface area contributed by atoms with Crippen molar-refractivity contribution in [2.45, 2.75) is 0 Å². The number of hydrogen-bond donors (Lipinski definition) is 0. The lowest BCUT2D eigenvalue weighted by molar-refractivity contribution is 1.18. The van der Waals surface area contributed by atoms with Gasteiger partial charge in [-0.05, 0) is 46.5 Å². The molecule has 0 bridgehead atoms. The number of nitrogens with zero attached hydrogens (tertiary/aromatic N) is 1. The number of benzene rings is 5. The van der Waals surface area contributed by atoms with Crippen molar-refractivity contribution >= 4 is 21.8 Å². The Hall–Kier alpha value is -4.10. The molecular weight excluding hydrogens is 374 g/mol. The molecule has 0 aliphatic carbocycles. The molecule has 0 spiro atoms. The molecule has 0 saturated carbocycles. The fraction of sp³-hybridized carbons (Fsp3) is 0. The molecule has 0 amide bonds. The molecule has 146 valence electrons. The normalized spacial score (nSPS) is 11.2. The van der Waals surface area contributed by atoms with Gasteiger partial charge in [0.25, 0.3) is 0 Å². The number of para-hydroxylation sites is 2. The van der Waals surface area contributed by atoms with Crippen LogP contribution >= 0.6 is 0 Å². The van der Waals surface area contributed by atoms with Crippen LogP contribution in [-0.4, -0.2) is 4.57 Å². The zero-order valence-electron chi connectivity index (χ0n) is 17.1. The standard InChI is InChI=1S/C30H21N/c1-2-10-22(11-3-1)25-12-4-5-13-26(25)23-18-20-24(21-19-23)31-29-16-8-6-14-27(29)28-15-7-9-17-30(28)31/h1-21H. The molecule has 5 aromatic carbocycles. The lowest BCUT2D eigenvalue weighted by Gasteiger charge is -2.12. The van der Waals surface area contributed by atoms with Gasteiger partial charge in [-0.1, -0.05) is 103 Å². The fourth-order valence-corrected chi connectivity index (χ4v) is 4.60. The van der Waals surface area contributed by atoms with Crippen molar-refractivity contribution in [2.24, 2.45) is 0 Å². The Morgan fingerprint density at radius 1 is 0.355 bits per heavy atom. The van der Waals surface area contributed by atoms with Crippen molar-refractivity contribution in [1.29, 1.82) is 0 Å². The van der Waals surface area contributed by atoms with Gasteiger partial charge in [0, 0.05) is 16.5 Å². The average Bonchev–Trinajstić information content (AvgIpc) is 3.19. The van der Waals surface area contributed by atoms with Gasteiger partial charge in [0.2, 0.25) is 0 Å². The molecule has 0 fully saturated rings. The molecule has 1 aromatic heterocycles. The van der Waals surface area contributed by atoms with E-state index in [1.165, 1.54) is 49.7 Å². The topological polar surface area (TPSA) is 4.93 Å². The van der Waals surface area contributed by atoms with Crippen LogP contribution in [0.25, 0.3) is 49.7 Å². The van der Waals surface area contributed by atoms with Crippen molar-refractivity contribution < 1.29 is 0 Å². The van der Waals surface area contributed by atoms with Crippen molar-refractivity contribution in [2.75, 3.05) is 0 Å². The van der Waals surface area contributed by atoms with Gasteiger partial charge in [-0.2, -0.15) is 0 Å².